The molecule has 0 bridgehead atoms. The molecule has 0 atom stereocenters. The first kappa shape index (κ1) is 33.0. The van der Waals surface area contributed by atoms with Gasteiger partial charge in [-0.1, -0.05) is 24.3 Å². The van der Waals surface area contributed by atoms with E-state index in [0.29, 0.717) is 23.4 Å². The number of nitrogens with zero attached hydrogens (tertiary/aromatic N) is 4. The van der Waals surface area contributed by atoms with Crippen LogP contribution in [0, 0.1) is 0 Å². The maximum absolute atomic E-state index is 6.69. The van der Waals surface area contributed by atoms with E-state index in [1.54, 1.807) is 0 Å². The van der Waals surface area contributed by atoms with Crippen molar-refractivity contribution < 1.29 is 4.42 Å². The maximum atomic E-state index is 6.69. The van der Waals surface area contributed by atoms with E-state index in [4.69, 9.17) is 24.4 Å². The Bertz CT molecular complexity index is 3520. The molecule has 0 unspecified atom stereocenters. The molecule has 0 fully saturated rings. The van der Waals surface area contributed by atoms with E-state index in [-0.39, 0.29) is 14.5 Å². The van der Waals surface area contributed by atoms with Crippen LogP contribution in [0.3, 0.4) is 0 Å². The molecule has 3 heterocycles. The number of oxazole rings is 1. The number of aromatic nitrogens is 4. The average Bonchev–Trinajstić information content (AvgIpc) is 3.91. The van der Waals surface area contributed by atoms with Gasteiger partial charge in [-0.05, 0) is 5.39 Å². The van der Waals surface area contributed by atoms with Gasteiger partial charge in [0.15, 0.2) is 0 Å². The van der Waals surface area contributed by atoms with Crippen LogP contribution < -0.4 is 0 Å². The Balaban J connectivity index is 1.03. The number of hydrogen-bond donors (Lipinski definition) is 0. The first-order chi connectivity index (χ1) is 28.7. The molecule has 0 aliphatic rings. The summed E-state index contributed by atoms with van der Waals surface area (Å²) in [4.78, 5) is 20.2. The summed E-state index contributed by atoms with van der Waals surface area (Å²) in [5.74, 6) is 2.65. The fraction of sp³-hybridized carbons (Fsp3) is 0. The van der Waals surface area contributed by atoms with Crippen molar-refractivity contribution in [2.75, 3.05) is 0 Å². The van der Waals surface area contributed by atoms with Gasteiger partial charge in [0.05, 0.1) is 0 Å². The van der Waals surface area contributed by atoms with Crippen LogP contribution in [0.1, 0.15) is 0 Å². The fourth-order valence-corrected chi connectivity index (χ4v) is 11.1. The molecular formula is C52H30N4OSe. The van der Waals surface area contributed by atoms with Gasteiger partial charge in [-0.25, -0.2) is 0 Å². The van der Waals surface area contributed by atoms with Gasteiger partial charge < -0.3 is 0 Å². The molecule has 0 spiro atoms. The molecule has 0 radical (unpaired) electrons. The Morgan fingerprint density at radius 3 is 1.71 bits per heavy atom. The van der Waals surface area contributed by atoms with Crippen LogP contribution in [0.4, 0.5) is 0 Å². The predicted octanol–water partition coefficient (Wildman–Crippen LogP) is 13.2. The van der Waals surface area contributed by atoms with E-state index in [1.165, 1.54) is 35.8 Å². The Labute approximate surface area is 338 Å². The van der Waals surface area contributed by atoms with Gasteiger partial charge in [0.2, 0.25) is 0 Å². The molecule has 9 aromatic carbocycles. The van der Waals surface area contributed by atoms with Crippen molar-refractivity contribution in [3.63, 3.8) is 0 Å². The van der Waals surface area contributed by atoms with Crippen molar-refractivity contribution >= 4 is 77.2 Å². The monoisotopic (exact) mass is 806 g/mol. The third-order valence-electron chi connectivity index (χ3n) is 11.1. The van der Waals surface area contributed by atoms with Gasteiger partial charge in [-0.3, -0.25) is 0 Å². The number of fused-ring (bicyclic) bond motifs is 9. The molecule has 5 nitrogen and oxygen atoms in total. The van der Waals surface area contributed by atoms with Crippen molar-refractivity contribution in [1.29, 1.82) is 0 Å². The van der Waals surface area contributed by atoms with Crippen molar-refractivity contribution in [1.82, 2.24) is 19.9 Å². The summed E-state index contributed by atoms with van der Waals surface area (Å²) in [6.07, 6.45) is 0. The first-order valence-electron chi connectivity index (χ1n) is 19.3. The Morgan fingerprint density at radius 2 is 0.948 bits per heavy atom. The minimum atomic E-state index is -0.00896. The molecule has 58 heavy (non-hydrogen) atoms. The summed E-state index contributed by atoms with van der Waals surface area (Å²) in [5, 5.41) is 9.39. The van der Waals surface area contributed by atoms with Crippen molar-refractivity contribution in [2.24, 2.45) is 0 Å². The summed E-state index contributed by atoms with van der Waals surface area (Å²) in [6.45, 7) is 0. The zero-order valence-electron chi connectivity index (χ0n) is 30.9. The van der Waals surface area contributed by atoms with Crippen LogP contribution >= 0.6 is 0 Å². The SMILES string of the molecule is c1ccc(-c2nc(-c3ccccc3)nc(-c3cccc4c3[se]c3c(-c5ccc6ccc7ccc8nc(-c9ccc%10ccccc%10c9)oc8c7c6c5)cccc34)n2)cc1. The standard InChI is InChI=1S/C52H30N4OSe/c1-3-12-34(13-4-1)49-54-50(35-14-5-2-6-15-35)56-51(55-49)42-20-10-19-41-40-18-9-17-39(47(40)58-48(41)42)37-25-23-32-22-24-33-27-28-44-46(45(33)43(32)30-37)57-52(53-44)38-26-21-31-11-7-8-16-36(31)29-38/h1-30H. The van der Waals surface area contributed by atoms with Crippen LogP contribution in [-0.4, -0.2) is 34.4 Å². The zero-order valence-corrected chi connectivity index (χ0v) is 32.6. The minimum absolute atomic E-state index is 0.00896. The molecule has 6 heteroatoms. The molecule has 0 saturated heterocycles. The Morgan fingerprint density at radius 1 is 0.362 bits per heavy atom. The van der Waals surface area contributed by atoms with E-state index in [0.717, 1.165) is 60.3 Å². The van der Waals surface area contributed by atoms with Gasteiger partial charge in [0.1, 0.15) is 0 Å². The summed E-state index contributed by atoms with van der Waals surface area (Å²) in [6, 6.07) is 63.8. The van der Waals surface area contributed by atoms with Crippen LogP contribution in [0.2, 0.25) is 0 Å². The zero-order chi connectivity index (χ0) is 38.2. The summed E-state index contributed by atoms with van der Waals surface area (Å²) in [5.41, 5.74) is 8.02. The van der Waals surface area contributed by atoms with Crippen molar-refractivity contribution in [2.45, 2.75) is 0 Å². The summed E-state index contributed by atoms with van der Waals surface area (Å²) >= 11 is -0.00896. The number of benzene rings is 9. The normalized spacial score (nSPS) is 11.8. The third kappa shape index (κ3) is 5.38. The second-order valence-corrected chi connectivity index (χ2v) is 16.7. The fourth-order valence-electron chi connectivity index (χ4n) is 8.29. The molecule has 12 rings (SSSR count). The molecule has 0 aliphatic heterocycles. The van der Waals surface area contributed by atoms with Gasteiger partial charge in [0.25, 0.3) is 0 Å². The third-order valence-corrected chi connectivity index (χ3v) is 13.8. The second-order valence-electron chi connectivity index (χ2n) is 14.6. The average molecular weight is 806 g/mol. The molecule has 3 aromatic heterocycles. The van der Waals surface area contributed by atoms with Crippen LogP contribution in [0.15, 0.2) is 186 Å². The quantitative estimate of drug-likeness (QED) is 0.128. The Hall–Kier alpha value is -7.24. The van der Waals surface area contributed by atoms with Crippen molar-refractivity contribution in [3.8, 4) is 56.7 Å². The molecule has 0 saturated carbocycles. The van der Waals surface area contributed by atoms with Gasteiger partial charge in [-0.2, -0.15) is 0 Å². The van der Waals surface area contributed by atoms with Crippen LogP contribution in [0.5, 0.6) is 0 Å². The van der Waals surface area contributed by atoms with Gasteiger partial charge >= 0.3 is 311 Å². The van der Waals surface area contributed by atoms with Crippen molar-refractivity contribution in [3.05, 3.63) is 182 Å². The van der Waals surface area contributed by atoms with E-state index >= 15 is 0 Å². The Kier molecular flexibility index (Phi) is 7.48. The summed E-state index contributed by atoms with van der Waals surface area (Å²) < 4.78 is 9.34. The van der Waals surface area contributed by atoms with E-state index in [1.807, 2.05) is 36.4 Å². The topological polar surface area (TPSA) is 64.7 Å². The summed E-state index contributed by atoms with van der Waals surface area (Å²) in [7, 11) is 0. The van der Waals surface area contributed by atoms with Crippen LogP contribution in [0.25, 0.3) is 119 Å². The molecule has 12 aromatic rings. The van der Waals surface area contributed by atoms with Gasteiger partial charge in [0, 0.05) is 0 Å². The molecule has 0 amide bonds. The second kappa shape index (κ2) is 13.2. The molecule has 0 N–H and O–H groups in total. The number of hydrogen-bond acceptors (Lipinski definition) is 5. The van der Waals surface area contributed by atoms with Crippen LogP contribution in [-0.2, 0) is 0 Å². The first-order valence-corrected chi connectivity index (χ1v) is 21.0. The van der Waals surface area contributed by atoms with E-state index < -0.39 is 0 Å². The van der Waals surface area contributed by atoms with E-state index in [9.17, 15) is 0 Å². The molecule has 270 valence electrons. The molecular weight excluding hydrogens is 776 g/mol. The predicted molar refractivity (Wildman–Crippen MR) is 239 cm³/mol. The molecule has 0 aliphatic carbocycles. The van der Waals surface area contributed by atoms with Gasteiger partial charge in [-0.15, -0.1) is 0 Å². The number of rotatable bonds is 5. The van der Waals surface area contributed by atoms with E-state index in [2.05, 4.69) is 146 Å².